The van der Waals surface area contributed by atoms with Crippen molar-refractivity contribution < 1.29 is 14.9 Å². The van der Waals surface area contributed by atoms with Crippen LogP contribution in [0.15, 0.2) is 18.2 Å². The Hall–Kier alpha value is -1.22. The molecule has 0 unspecified atom stereocenters. The van der Waals surface area contributed by atoms with E-state index in [0.29, 0.717) is 0 Å². The van der Waals surface area contributed by atoms with Crippen molar-refractivity contribution >= 4 is 0 Å². The van der Waals surface area contributed by atoms with Crippen molar-refractivity contribution in [1.82, 2.24) is 0 Å². The zero-order valence-corrected chi connectivity index (χ0v) is 7.53. The number of phenolic OH excluding ortho intramolecular Hbond substituents is 1. The van der Waals surface area contributed by atoms with E-state index in [9.17, 15) is 0 Å². The third-order valence-electron chi connectivity index (χ3n) is 1.39. The van der Waals surface area contributed by atoms with Crippen molar-refractivity contribution in [2.45, 2.75) is 6.92 Å². The van der Waals surface area contributed by atoms with E-state index in [4.69, 9.17) is 14.9 Å². The fraction of sp³-hybridized carbons (Fsp3) is 0.333. The molecule has 0 aliphatic carbocycles. The second-order valence-corrected chi connectivity index (χ2v) is 2.15. The van der Waals surface area contributed by atoms with Crippen LogP contribution in [0.2, 0.25) is 0 Å². The van der Waals surface area contributed by atoms with Gasteiger partial charge in [-0.3, -0.25) is 0 Å². The van der Waals surface area contributed by atoms with Gasteiger partial charge in [0.2, 0.25) is 0 Å². The molecule has 1 rings (SSSR count). The van der Waals surface area contributed by atoms with Crippen LogP contribution in [0.5, 0.6) is 11.5 Å². The van der Waals surface area contributed by atoms with Gasteiger partial charge in [-0.2, -0.15) is 0 Å². The first kappa shape index (κ1) is 10.8. The largest absolute Gasteiger partial charge is 0.508 e. The van der Waals surface area contributed by atoms with Gasteiger partial charge < -0.3 is 14.9 Å². The summed E-state index contributed by atoms with van der Waals surface area (Å²) in [5, 5.41) is 16.0. The Kier molecular flexibility index (Phi) is 4.88. The van der Waals surface area contributed by atoms with Crippen LogP contribution in [0.25, 0.3) is 0 Å². The summed E-state index contributed by atoms with van der Waals surface area (Å²) < 4.78 is 4.97. The molecule has 0 atom stereocenters. The molecule has 1 aromatic rings. The molecule has 0 radical (unpaired) electrons. The Morgan fingerprint density at radius 1 is 1.25 bits per heavy atom. The van der Waals surface area contributed by atoms with Gasteiger partial charge in [-0.15, -0.1) is 0 Å². The molecule has 1 aromatic carbocycles. The summed E-state index contributed by atoms with van der Waals surface area (Å²) in [6.45, 7) is 1.93. The third kappa shape index (κ3) is 2.80. The average molecular weight is 170 g/mol. The summed E-state index contributed by atoms with van der Waals surface area (Å²) in [6, 6.07) is 5.04. The van der Waals surface area contributed by atoms with Crippen LogP contribution in [-0.2, 0) is 0 Å². The fourth-order valence-corrected chi connectivity index (χ4v) is 0.809. The standard InChI is InChI=1S/C8H10O2.CH4O/c1-6-3-4-7(9)5-8(6)10-2;1-2/h3-5,9H,1-2H3;2H,1H3. The Bertz CT molecular complexity index is 233. The lowest BCUT2D eigenvalue weighted by Crippen LogP contribution is -1.85. The summed E-state index contributed by atoms with van der Waals surface area (Å²) in [7, 11) is 2.59. The summed E-state index contributed by atoms with van der Waals surface area (Å²) in [4.78, 5) is 0. The highest BCUT2D eigenvalue weighted by molar-refractivity contribution is 5.38. The number of aromatic hydroxyl groups is 1. The number of aliphatic hydroxyl groups excluding tert-OH is 1. The molecule has 0 saturated heterocycles. The number of aryl methyl sites for hydroxylation is 1. The number of rotatable bonds is 1. The van der Waals surface area contributed by atoms with Crippen molar-refractivity contribution in [2.24, 2.45) is 0 Å². The van der Waals surface area contributed by atoms with Gasteiger partial charge in [0.25, 0.3) is 0 Å². The molecule has 0 amide bonds. The van der Waals surface area contributed by atoms with Gasteiger partial charge in [-0.05, 0) is 18.6 Å². The maximum Gasteiger partial charge on any atom is 0.125 e. The molecule has 0 aliphatic rings. The number of benzene rings is 1. The molecular formula is C9H14O3. The van der Waals surface area contributed by atoms with Crippen molar-refractivity contribution in [1.29, 1.82) is 0 Å². The van der Waals surface area contributed by atoms with Crippen molar-refractivity contribution in [3.63, 3.8) is 0 Å². The molecule has 2 N–H and O–H groups in total. The third-order valence-corrected chi connectivity index (χ3v) is 1.39. The summed E-state index contributed by atoms with van der Waals surface area (Å²) >= 11 is 0. The van der Waals surface area contributed by atoms with Crippen LogP contribution in [0.1, 0.15) is 5.56 Å². The predicted molar refractivity (Wildman–Crippen MR) is 47.5 cm³/mol. The number of ether oxygens (including phenoxy) is 1. The van der Waals surface area contributed by atoms with Gasteiger partial charge >= 0.3 is 0 Å². The van der Waals surface area contributed by atoms with Gasteiger partial charge in [0.15, 0.2) is 0 Å². The highest BCUT2D eigenvalue weighted by Crippen LogP contribution is 2.22. The molecule has 3 heteroatoms. The highest BCUT2D eigenvalue weighted by atomic mass is 16.5. The molecular weight excluding hydrogens is 156 g/mol. The van der Waals surface area contributed by atoms with Crippen molar-refractivity contribution in [2.75, 3.05) is 14.2 Å². The monoisotopic (exact) mass is 170 g/mol. The minimum absolute atomic E-state index is 0.238. The molecule has 0 spiro atoms. The van der Waals surface area contributed by atoms with Crippen molar-refractivity contribution in [3.05, 3.63) is 23.8 Å². The van der Waals surface area contributed by atoms with Crippen LogP contribution < -0.4 is 4.74 Å². The topological polar surface area (TPSA) is 49.7 Å². The van der Waals surface area contributed by atoms with E-state index in [-0.39, 0.29) is 5.75 Å². The van der Waals surface area contributed by atoms with E-state index in [0.717, 1.165) is 18.4 Å². The number of hydrogen-bond acceptors (Lipinski definition) is 3. The molecule has 68 valence electrons. The number of hydrogen-bond donors (Lipinski definition) is 2. The average Bonchev–Trinajstić information content (AvgIpc) is 2.13. The second-order valence-electron chi connectivity index (χ2n) is 2.15. The van der Waals surface area contributed by atoms with E-state index >= 15 is 0 Å². The van der Waals surface area contributed by atoms with Crippen LogP contribution in [-0.4, -0.2) is 24.4 Å². The van der Waals surface area contributed by atoms with E-state index in [2.05, 4.69) is 0 Å². The Morgan fingerprint density at radius 3 is 2.25 bits per heavy atom. The zero-order valence-electron chi connectivity index (χ0n) is 7.53. The lowest BCUT2D eigenvalue weighted by Gasteiger charge is -2.02. The summed E-state index contributed by atoms with van der Waals surface area (Å²) in [6.07, 6.45) is 0. The summed E-state index contributed by atoms with van der Waals surface area (Å²) in [5.41, 5.74) is 1.03. The Morgan fingerprint density at radius 2 is 1.83 bits per heavy atom. The highest BCUT2D eigenvalue weighted by Gasteiger charge is 1.96. The van der Waals surface area contributed by atoms with E-state index in [1.165, 1.54) is 0 Å². The quantitative estimate of drug-likeness (QED) is 0.668. The molecule has 0 aromatic heterocycles. The van der Waals surface area contributed by atoms with Crippen molar-refractivity contribution in [3.8, 4) is 11.5 Å². The molecule has 0 bridgehead atoms. The van der Waals surface area contributed by atoms with E-state index < -0.39 is 0 Å². The SMILES string of the molecule is CO.COc1cc(O)ccc1C. The lowest BCUT2D eigenvalue weighted by atomic mass is 10.2. The van der Waals surface area contributed by atoms with E-state index in [1.54, 1.807) is 19.2 Å². The van der Waals surface area contributed by atoms with Gasteiger partial charge in [0, 0.05) is 13.2 Å². The number of phenols is 1. The van der Waals surface area contributed by atoms with Gasteiger partial charge in [0.1, 0.15) is 11.5 Å². The molecule has 0 aliphatic heterocycles. The minimum atomic E-state index is 0.238. The fourth-order valence-electron chi connectivity index (χ4n) is 0.809. The summed E-state index contributed by atoms with van der Waals surface area (Å²) in [5.74, 6) is 0.961. The number of methoxy groups -OCH3 is 1. The van der Waals surface area contributed by atoms with E-state index in [1.807, 2.05) is 13.0 Å². The first-order valence-corrected chi connectivity index (χ1v) is 3.52. The first-order valence-electron chi connectivity index (χ1n) is 3.52. The zero-order chi connectivity index (χ0) is 9.56. The second kappa shape index (κ2) is 5.43. The lowest BCUT2D eigenvalue weighted by molar-refractivity contribution is 0.399. The molecule has 3 nitrogen and oxygen atoms in total. The molecule has 0 heterocycles. The van der Waals surface area contributed by atoms with Crippen LogP contribution in [0.4, 0.5) is 0 Å². The predicted octanol–water partition coefficient (Wildman–Crippen LogP) is 1.32. The van der Waals surface area contributed by atoms with Crippen LogP contribution in [0.3, 0.4) is 0 Å². The smallest absolute Gasteiger partial charge is 0.125 e. The van der Waals surface area contributed by atoms with Crippen LogP contribution in [0, 0.1) is 6.92 Å². The maximum atomic E-state index is 8.99. The Labute approximate surface area is 72.2 Å². The maximum absolute atomic E-state index is 8.99. The minimum Gasteiger partial charge on any atom is -0.508 e. The first-order chi connectivity index (χ1) is 5.74. The Balaban J connectivity index is 0.000000561. The van der Waals surface area contributed by atoms with Gasteiger partial charge in [0.05, 0.1) is 7.11 Å². The molecule has 0 saturated carbocycles. The molecule has 0 fully saturated rings. The van der Waals surface area contributed by atoms with Gasteiger partial charge in [-0.1, -0.05) is 6.07 Å². The number of aliphatic hydroxyl groups is 1. The molecule has 12 heavy (non-hydrogen) atoms. The van der Waals surface area contributed by atoms with Crippen LogP contribution >= 0.6 is 0 Å². The normalized spacial score (nSPS) is 8.33. The van der Waals surface area contributed by atoms with Gasteiger partial charge in [-0.25, -0.2) is 0 Å².